The topological polar surface area (TPSA) is 115 Å². The Morgan fingerprint density at radius 2 is 2.00 bits per heavy atom. The number of morpholine rings is 1. The molecule has 2 aliphatic heterocycles. The van der Waals surface area contributed by atoms with Crippen LogP contribution in [-0.4, -0.2) is 88.3 Å². The summed E-state index contributed by atoms with van der Waals surface area (Å²) < 4.78 is 29.7. The van der Waals surface area contributed by atoms with Crippen LogP contribution in [0.15, 0.2) is 60.8 Å². The van der Waals surface area contributed by atoms with Crippen molar-refractivity contribution >= 4 is 17.7 Å². The lowest BCUT2D eigenvalue weighted by molar-refractivity contribution is -0.198. The number of ketones is 1. The number of halogens is 1. The van der Waals surface area contributed by atoms with Gasteiger partial charge in [-0.25, -0.2) is 9.37 Å². The van der Waals surface area contributed by atoms with Gasteiger partial charge in [-0.2, -0.15) is 0 Å². The first kappa shape index (κ1) is 30.5. The standard InChI is InChI=1S/C33H42FN5O5/c1-2-43-28(40)11-13-37-33(42)24-19-39-26-17-22(21-7-4-3-5-8-21)9-10-27(26)44-32-29(25(34)18-23(30(32)39)31(24)41)36-12-6-15-38-16-14-35-20-38/h3-5,7-8,14,16,19-20,22-23,25-27,29-30,32,36H,2,6,9-13,15,17-18H2,1H3,(H,37,42). The predicted molar refractivity (Wildman–Crippen MR) is 160 cm³/mol. The first-order chi connectivity index (χ1) is 21.4. The van der Waals surface area contributed by atoms with Gasteiger partial charge in [-0.3, -0.25) is 14.4 Å². The minimum absolute atomic E-state index is 0.0109. The number of Topliss-reactive ketones (excluding diaryl/α,β-unsaturated/α-hetero) is 1. The van der Waals surface area contributed by atoms with Crippen molar-refractivity contribution in [1.29, 1.82) is 0 Å². The number of alkyl halides is 1. The summed E-state index contributed by atoms with van der Waals surface area (Å²) in [5, 5.41) is 6.15. The molecular formula is C33H42FN5O5. The van der Waals surface area contributed by atoms with Gasteiger partial charge in [-0.1, -0.05) is 30.3 Å². The maximum Gasteiger partial charge on any atom is 0.307 e. The van der Waals surface area contributed by atoms with Crippen LogP contribution >= 0.6 is 0 Å². The molecule has 0 radical (unpaired) electrons. The van der Waals surface area contributed by atoms with Gasteiger partial charge in [-0.05, 0) is 57.1 Å². The molecule has 8 atom stereocenters. The van der Waals surface area contributed by atoms with E-state index in [2.05, 4.69) is 44.8 Å². The zero-order valence-electron chi connectivity index (χ0n) is 25.1. The summed E-state index contributed by atoms with van der Waals surface area (Å²) in [5.41, 5.74) is 1.29. The largest absolute Gasteiger partial charge is 0.466 e. The molecule has 8 unspecified atom stereocenters. The third-order valence-corrected chi connectivity index (χ3v) is 9.63. The van der Waals surface area contributed by atoms with E-state index in [0.29, 0.717) is 12.5 Å². The molecule has 236 valence electrons. The molecule has 3 heterocycles. The minimum Gasteiger partial charge on any atom is -0.466 e. The van der Waals surface area contributed by atoms with Crippen LogP contribution in [0, 0.1) is 5.92 Å². The van der Waals surface area contributed by atoms with E-state index in [1.807, 2.05) is 16.8 Å². The van der Waals surface area contributed by atoms with Gasteiger partial charge < -0.3 is 29.6 Å². The Kier molecular flexibility index (Phi) is 9.42. The van der Waals surface area contributed by atoms with Gasteiger partial charge in [0.05, 0.1) is 55.3 Å². The van der Waals surface area contributed by atoms with Gasteiger partial charge in [0.15, 0.2) is 5.78 Å². The molecule has 1 aromatic carbocycles. The lowest BCUT2D eigenvalue weighted by atomic mass is 9.68. The molecule has 2 saturated carbocycles. The molecule has 2 N–H and O–H groups in total. The monoisotopic (exact) mass is 607 g/mol. The van der Waals surface area contributed by atoms with E-state index in [-0.39, 0.29) is 55.5 Å². The van der Waals surface area contributed by atoms with Gasteiger partial charge in [0.2, 0.25) is 0 Å². The number of aryl methyl sites for hydroxylation is 1. The van der Waals surface area contributed by atoms with Crippen molar-refractivity contribution in [2.24, 2.45) is 5.92 Å². The Hall–Kier alpha value is -3.57. The number of hydrogen-bond acceptors (Lipinski definition) is 8. The summed E-state index contributed by atoms with van der Waals surface area (Å²) in [7, 11) is 0. The van der Waals surface area contributed by atoms with Crippen molar-refractivity contribution in [2.75, 3.05) is 19.7 Å². The number of benzene rings is 1. The highest BCUT2D eigenvalue weighted by molar-refractivity contribution is 6.20. The van der Waals surface area contributed by atoms with Gasteiger partial charge in [0, 0.05) is 37.6 Å². The van der Waals surface area contributed by atoms with Crippen molar-refractivity contribution in [3.05, 3.63) is 66.4 Å². The number of nitrogens with zero attached hydrogens (tertiary/aromatic N) is 3. The molecule has 1 saturated heterocycles. The number of rotatable bonds is 11. The van der Waals surface area contributed by atoms with Crippen LogP contribution in [0.5, 0.6) is 0 Å². The van der Waals surface area contributed by atoms with Crippen molar-refractivity contribution in [3.8, 4) is 0 Å². The number of amides is 1. The summed E-state index contributed by atoms with van der Waals surface area (Å²) in [6.07, 6.45) is 8.54. The number of carbonyl (C=O) groups excluding carboxylic acids is 3. The normalized spacial score (nSPS) is 31.0. The molecule has 1 amide bonds. The zero-order valence-corrected chi connectivity index (χ0v) is 25.1. The zero-order chi connectivity index (χ0) is 30.6. The average Bonchev–Trinajstić information content (AvgIpc) is 3.55. The average molecular weight is 608 g/mol. The molecule has 2 aromatic rings. The summed E-state index contributed by atoms with van der Waals surface area (Å²) in [5.74, 6) is -1.70. The maximum absolute atomic E-state index is 16.0. The molecular weight excluding hydrogens is 565 g/mol. The van der Waals surface area contributed by atoms with Crippen LogP contribution in [0.4, 0.5) is 4.39 Å². The first-order valence-electron chi connectivity index (χ1n) is 16.0. The highest BCUT2D eigenvalue weighted by atomic mass is 19.1. The molecule has 44 heavy (non-hydrogen) atoms. The predicted octanol–water partition coefficient (Wildman–Crippen LogP) is 2.90. The first-order valence-corrected chi connectivity index (χ1v) is 16.0. The molecule has 0 spiro atoms. The third-order valence-electron chi connectivity index (χ3n) is 9.63. The third kappa shape index (κ3) is 6.30. The summed E-state index contributed by atoms with van der Waals surface area (Å²) in [4.78, 5) is 45.2. The fourth-order valence-electron chi connectivity index (χ4n) is 7.59. The van der Waals surface area contributed by atoms with Crippen LogP contribution < -0.4 is 10.6 Å². The van der Waals surface area contributed by atoms with Crippen LogP contribution in [0.1, 0.15) is 56.9 Å². The van der Waals surface area contributed by atoms with E-state index >= 15 is 4.39 Å². The highest BCUT2D eigenvalue weighted by Gasteiger charge is 2.58. The van der Waals surface area contributed by atoms with Crippen molar-refractivity contribution in [2.45, 2.75) is 94.4 Å². The quantitative estimate of drug-likeness (QED) is 0.228. The number of nitrogens with one attached hydrogen (secondary N) is 2. The summed E-state index contributed by atoms with van der Waals surface area (Å²) in [6.45, 7) is 3.40. The summed E-state index contributed by atoms with van der Waals surface area (Å²) in [6, 6.07) is 9.43. The molecule has 6 rings (SSSR count). The van der Waals surface area contributed by atoms with Crippen molar-refractivity contribution in [1.82, 2.24) is 25.1 Å². The van der Waals surface area contributed by atoms with E-state index in [4.69, 9.17) is 9.47 Å². The molecule has 11 heteroatoms. The Labute approximate surface area is 257 Å². The fourth-order valence-corrected chi connectivity index (χ4v) is 7.59. The van der Waals surface area contributed by atoms with Gasteiger partial charge in [-0.15, -0.1) is 0 Å². The van der Waals surface area contributed by atoms with Crippen molar-refractivity contribution < 1.29 is 28.2 Å². The molecule has 3 fully saturated rings. The van der Waals surface area contributed by atoms with E-state index in [0.717, 1.165) is 32.2 Å². The molecule has 10 nitrogen and oxygen atoms in total. The fraction of sp³-hybridized carbons (Fsp3) is 0.576. The Morgan fingerprint density at radius 3 is 2.77 bits per heavy atom. The van der Waals surface area contributed by atoms with E-state index in [1.165, 1.54) is 5.56 Å². The number of aromatic nitrogens is 2. The summed E-state index contributed by atoms with van der Waals surface area (Å²) >= 11 is 0. The minimum atomic E-state index is -1.30. The molecule has 4 aliphatic rings. The number of ether oxygens (including phenoxy) is 2. The second kappa shape index (κ2) is 13.6. The lowest BCUT2D eigenvalue weighted by Gasteiger charge is -2.59. The van der Waals surface area contributed by atoms with Crippen LogP contribution in [0.3, 0.4) is 0 Å². The van der Waals surface area contributed by atoms with Gasteiger partial charge in [0.1, 0.15) is 6.17 Å². The van der Waals surface area contributed by atoms with Gasteiger partial charge in [0.25, 0.3) is 5.91 Å². The Bertz CT molecular complexity index is 1340. The molecule has 0 bridgehead atoms. The number of imidazole rings is 1. The smallest absolute Gasteiger partial charge is 0.307 e. The number of fused-ring (bicyclic) bond motifs is 2. The van der Waals surface area contributed by atoms with Crippen molar-refractivity contribution in [3.63, 3.8) is 0 Å². The number of hydrogen-bond donors (Lipinski definition) is 2. The molecule has 1 aromatic heterocycles. The van der Waals surface area contributed by atoms with Crippen LogP contribution in [0.2, 0.25) is 0 Å². The van der Waals surface area contributed by atoms with E-state index in [9.17, 15) is 14.4 Å². The Morgan fingerprint density at radius 1 is 1.16 bits per heavy atom. The van der Waals surface area contributed by atoms with E-state index in [1.54, 1.807) is 25.6 Å². The SMILES string of the molecule is CCOC(=O)CCNC(=O)C1=CN2C3CC(c4ccccc4)CCC3OC3C(NCCCn4ccnc4)C(F)CC(C1=O)C32. The second-order valence-corrected chi connectivity index (χ2v) is 12.3. The molecule has 2 aliphatic carbocycles. The number of carbonyl (C=O) groups is 3. The lowest BCUT2D eigenvalue weighted by Crippen LogP contribution is -2.73. The second-order valence-electron chi connectivity index (χ2n) is 12.3. The maximum atomic E-state index is 16.0. The van der Waals surface area contributed by atoms with Gasteiger partial charge >= 0.3 is 5.97 Å². The van der Waals surface area contributed by atoms with Crippen LogP contribution in [-0.2, 0) is 30.4 Å². The number of esters is 1. The van der Waals surface area contributed by atoms with E-state index < -0.39 is 36.1 Å². The van der Waals surface area contributed by atoms with Crippen LogP contribution in [0.25, 0.3) is 0 Å². The highest BCUT2D eigenvalue weighted by Crippen LogP contribution is 2.47. The Balaban J connectivity index is 1.24.